The molecule has 1 aromatic rings. The number of ketones is 1. The van der Waals surface area contributed by atoms with Crippen LogP contribution >= 0.6 is 0 Å². The molecular weight excluding hydrogens is 200 g/mol. The van der Waals surface area contributed by atoms with Crippen LogP contribution in [0.2, 0.25) is 0 Å². The lowest BCUT2D eigenvalue weighted by atomic mass is 10.3. The second-order valence-corrected chi connectivity index (χ2v) is 2.72. The Kier molecular flexibility index (Phi) is 4.05. The molecule has 1 aromatic heterocycles. The van der Waals surface area contributed by atoms with Crippen LogP contribution in [0.4, 0.5) is 0 Å². The van der Waals surface area contributed by atoms with Gasteiger partial charge in [0.2, 0.25) is 11.5 Å². The molecular formula is C10H12O5. The molecule has 0 aliphatic rings. The topological polar surface area (TPSA) is 65.7 Å². The zero-order valence-electron chi connectivity index (χ0n) is 8.61. The van der Waals surface area contributed by atoms with Crippen LogP contribution in [0.5, 0.6) is 0 Å². The minimum atomic E-state index is -0.606. The average Bonchev–Trinajstić information content (AvgIpc) is 2.74. The zero-order valence-corrected chi connectivity index (χ0v) is 8.61. The van der Waals surface area contributed by atoms with Gasteiger partial charge >= 0.3 is 5.97 Å². The molecule has 82 valence electrons. The molecule has 0 saturated carbocycles. The third-order valence-electron chi connectivity index (χ3n) is 1.70. The highest BCUT2D eigenvalue weighted by molar-refractivity contribution is 5.96. The van der Waals surface area contributed by atoms with Crippen LogP contribution in [0.15, 0.2) is 16.5 Å². The summed E-state index contributed by atoms with van der Waals surface area (Å²) in [6.45, 7) is 2.19. The molecule has 0 amide bonds. The number of esters is 1. The van der Waals surface area contributed by atoms with Crippen molar-refractivity contribution in [1.29, 1.82) is 0 Å². The molecule has 0 unspecified atom stereocenters. The van der Waals surface area contributed by atoms with Gasteiger partial charge in [0.15, 0.2) is 5.76 Å². The smallest absolute Gasteiger partial charge is 0.373 e. The number of hydrogen-bond acceptors (Lipinski definition) is 5. The molecule has 15 heavy (non-hydrogen) atoms. The van der Waals surface area contributed by atoms with E-state index in [0.717, 1.165) is 0 Å². The maximum Gasteiger partial charge on any atom is 0.373 e. The van der Waals surface area contributed by atoms with Crippen molar-refractivity contribution in [2.75, 3.05) is 20.3 Å². The lowest BCUT2D eigenvalue weighted by Crippen LogP contribution is -2.08. The predicted molar refractivity (Wildman–Crippen MR) is 50.9 cm³/mol. The van der Waals surface area contributed by atoms with Crippen molar-refractivity contribution in [3.8, 4) is 0 Å². The summed E-state index contributed by atoms with van der Waals surface area (Å²) in [5.41, 5.74) is 0. The van der Waals surface area contributed by atoms with Crippen LogP contribution in [-0.2, 0) is 9.47 Å². The monoisotopic (exact) mass is 212 g/mol. The van der Waals surface area contributed by atoms with Gasteiger partial charge < -0.3 is 13.9 Å². The van der Waals surface area contributed by atoms with Gasteiger partial charge in [0, 0.05) is 6.61 Å². The molecule has 1 rings (SSSR count). The molecule has 0 saturated heterocycles. The molecule has 0 aliphatic heterocycles. The van der Waals surface area contributed by atoms with Gasteiger partial charge in [-0.25, -0.2) is 4.79 Å². The zero-order chi connectivity index (χ0) is 11.3. The first kappa shape index (κ1) is 11.5. The Morgan fingerprint density at radius 3 is 2.60 bits per heavy atom. The van der Waals surface area contributed by atoms with Crippen molar-refractivity contribution in [1.82, 2.24) is 0 Å². The van der Waals surface area contributed by atoms with Gasteiger partial charge in [-0.05, 0) is 19.1 Å². The maximum absolute atomic E-state index is 11.4. The van der Waals surface area contributed by atoms with Gasteiger partial charge in [-0.15, -0.1) is 0 Å². The van der Waals surface area contributed by atoms with Crippen LogP contribution in [-0.4, -0.2) is 32.1 Å². The Labute approximate surface area is 87.0 Å². The number of carbonyl (C=O) groups excluding carboxylic acids is 2. The highest BCUT2D eigenvalue weighted by atomic mass is 16.5. The van der Waals surface area contributed by atoms with Gasteiger partial charge in [-0.2, -0.15) is 0 Å². The number of carbonyl (C=O) groups is 2. The molecule has 1 heterocycles. The van der Waals surface area contributed by atoms with Crippen molar-refractivity contribution >= 4 is 11.8 Å². The van der Waals surface area contributed by atoms with E-state index < -0.39 is 5.97 Å². The van der Waals surface area contributed by atoms with Crippen LogP contribution in [0.25, 0.3) is 0 Å². The molecule has 0 aliphatic carbocycles. The molecule has 5 heteroatoms. The van der Waals surface area contributed by atoms with Crippen molar-refractivity contribution in [2.45, 2.75) is 6.92 Å². The van der Waals surface area contributed by atoms with Crippen molar-refractivity contribution < 1.29 is 23.5 Å². The normalized spacial score (nSPS) is 10.0. The summed E-state index contributed by atoms with van der Waals surface area (Å²) in [7, 11) is 1.24. The van der Waals surface area contributed by atoms with E-state index in [2.05, 4.69) is 4.74 Å². The van der Waals surface area contributed by atoms with Crippen molar-refractivity contribution in [2.24, 2.45) is 0 Å². The second kappa shape index (κ2) is 5.31. The molecule has 0 aromatic carbocycles. The van der Waals surface area contributed by atoms with Gasteiger partial charge in [0.25, 0.3) is 0 Å². The molecule has 0 N–H and O–H groups in total. The van der Waals surface area contributed by atoms with E-state index in [-0.39, 0.29) is 23.9 Å². The van der Waals surface area contributed by atoms with E-state index in [1.54, 1.807) is 6.92 Å². The Hall–Kier alpha value is -1.62. The number of furan rings is 1. The van der Waals surface area contributed by atoms with E-state index in [4.69, 9.17) is 9.15 Å². The van der Waals surface area contributed by atoms with E-state index >= 15 is 0 Å². The van der Waals surface area contributed by atoms with E-state index in [9.17, 15) is 9.59 Å². The summed E-state index contributed by atoms with van der Waals surface area (Å²) < 4.78 is 14.3. The highest BCUT2D eigenvalue weighted by Crippen LogP contribution is 2.09. The lowest BCUT2D eigenvalue weighted by molar-refractivity contribution is 0.0560. The van der Waals surface area contributed by atoms with E-state index in [1.165, 1.54) is 19.2 Å². The van der Waals surface area contributed by atoms with Gasteiger partial charge in [0.1, 0.15) is 6.61 Å². The van der Waals surface area contributed by atoms with Gasteiger partial charge in [0.05, 0.1) is 7.11 Å². The van der Waals surface area contributed by atoms with E-state index in [0.29, 0.717) is 6.61 Å². The third kappa shape index (κ3) is 2.92. The summed E-state index contributed by atoms with van der Waals surface area (Å²) in [5, 5.41) is 0. The van der Waals surface area contributed by atoms with Crippen LogP contribution in [0, 0.1) is 0 Å². The first-order valence-corrected chi connectivity index (χ1v) is 4.48. The van der Waals surface area contributed by atoms with Crippen molar-refractivity contribution in [3.63, 3.8) is 0 Å². The molecule has 0 spiro atoms. The standard InChI is InChI=1S/C10H12O5/c1-3-14-6-7(11)8-4-5-9(15-8)10(12)13-2/h4-5H,3,6H2,1-2H3. The highest BCUT2D eigenvalue weighted by Gasteiger charge is 2.15. The average molecular weight is 212 g/mol. The fourth-order valence-corrected chi connectivity index (χ4v) is 0.964. The fourth-order valence-electron chi connectivity index (χ4n) is 0.964. The van der Waals surface area contributed by atoms with Crippen LogP contribution < -0.4 is 0 Å². The third-order valence-corrected chi connectivity index (χ3v) is 1.70. The molecule has 0 fully saturated rings. The molecule has 0 atom stereocenters. The lowest BCUT2D eigenvalue weighted by Gasteiger charge is -1.97. The second-order valence-electron chi connectivity index (χ2n) is 2.72. The summed E-state index contributed by atoms with van der Waals surface area (Å²) in [5.74, 6) is -0.793. The summed E-state index contributed by atoms with van der Waals surface area (Å²) in [4.78, 5) is 22.4. The van der Waals surface area contributed by atoms with Crippen LogP contribution in [0.1, 0.15) is 28.0 Å². The minimum absolute atomic E-state index is 0.0114. The Morgan fingerprint density at radius 2 is 2.00 bits per heavy atom. The Morgan fingerprint density at radius 1 is 1.33 bits per heavy atom. The van der Waals surface area contributed by atoms with Gasteiger partial charge in [-0.1, -0.05) is 0 Å². The molecule has 0 radical (unpaired) electrons. The van der Waals surface area contributed by atoms with Gasteiger partial charge in [-0.3, -0.25) is 4.79 Å². The number of Topliss-reactive ketones (excluding diaryl/α,β-unsaturated/α-hetero) is 1. The van der Waals surface area contributed by atoms with E-state index in [1.807, 2.05) is 0 Å². The Balaban J connectivity index is 2.67. The summed E-state index contributed by atoms with van der Waals surface area (Å²) >= 11 is 0. The Bertz CT molecular complexity index is 352. The summed E-state index contributed by atoms with van der Waals surface area (Å²) in [6.07, 6.45) is 0. The first-order chi connectivity index (χ1) is 7.19. The van der Waals surface area contributed by atoms with Crippen molar-refractivity contribution in [3.05, 3.63) is 23.7 Å². The molecule has 0 bridgehead atoms. The number of rotatable bonds is 5. The largest absolute Gasteiger partial charge is 0.463 e. The SMILES string of the molecule is CCOCC(=O)c1ccc(C(=O)OC)o1. The minimum Gasteiger partial charge on any atom is -0.463 e. The maximum atomic E-state index is 11.4. The molecule has 5 nitrogen and oxygen atoms in total. The first-order valence-electron chi connectivity index (χ1n) is 4.48. The summed E-state index contributed by atoms with van der Waals surface area (Å²) in [6, 6.07) is 2.82. The van der Waals surface area contributed by atoms with Crippen LogP contribution in [0.3, 0.4) is 0 Å². The number of ether oxygens (including phenoxy) is 2. The fraction of sp³-hybridized carbons (Fsp3) is 0.400. The predicted octanol–water partition coefficient (Wildman–Crippen LogP) is 1.29. The number of methoxy groups -OCH3 is 1. The quantitative estimate of drug-likeness (QED) is 0.543. The number of hydrogen-bond donors (Lipinski definition) is 0.